The molecule has 0 aliphatic heterocycles. The standard InChI is InChI=1S/C54H38N2OS/c1-2-8-32(9-3-1)50-52-51(44-11-4-6-12-46(44)57-52)56-53(55-50)36-17-18-39-35(27-36)16-21-43-40-19-14-33(34-15-20-42-41-10-5-7-13-47(41)58-48(42)29-34)28-45(40)54(49(39)43)37-23-30-22-31(25-37)26-38(54)24-30/h1-21,27-31,37-38H,22-26H2. The largest absolute Gasteiger partial charge is 0.452 e. The Morgan fingerprint density at radius 1 is 0.517 bits per heavy atom. The Labute approximate surface area is 340 Å². The Hall–Kier alpha value is -6.10. The number of nitrogens with zero attached hydrogens (tertiary/aromatic N) is 2. The first-order valence-corrected chi connectivity index (χ1v) is 21.9. The van der Waals surface area contributed by atoms with Gasteiger partial charge in [0.05, 0.1) is 0 Å². The van der Waals surface area contributed by atoms with E-state index >= 15 is 0 Å². The molecule has 1 spiro atoms. The van der Waals surface area contributed by atoms with Crippen molar-refractivity contribution in [2.75, 3.05) is 0 Å². The first-order chi connectivity index (χ1) is 28.7. The van der Waals surface area contributed by atoms with Gasteiger partial charge >= 0.3 is 0 Å². The molecule has 0 radical (unpaired) electrons. The first kappa shape index (κ1) is 31.9. The molecule has 0 saturated heterocycles. The van der Waals surface area contributed by atoms with Gasteiger partial charge in [-0.1, -0.05) is 109 Å². The molecule has 4 saturated carbocycles. The lowest BCUT2D eigenvalue weighted by atomic mass is 9.43. The predicted octanol–water partition coefficient (Wildman–Crippen LogP) is 14.6. The van der Waals surface area contributed by atoms with E-state index in [2.05, 4.69) is 127 Å². The van der Waals surface area contributed by atoms with Crippen molar-refractivity contribution in [3.63, 3.8) is 0 Å². The Kier molecular flexibility index (Phi) is 6.34. The first-order valence-electron chi connectivity index (χ1n) is 21.1. The van der Waals surface area contributed by atoms with Gasteiger partial charge in [-0.3, -0.25) is 0 Å². The molecule has 7 aromatic carbocycles. The topological polar surface area (TPSA) is 38.9 Å². The number of hydrogen-bond donors (Lipinski definition) is 0. The van der Waals surface area contributed by atoms with Crippen LogP contribution in [0.4, 0.5) is 0 Å². The minimum Gasteiger partial charge on any atom is -0.452 e. The van der Waals surface area contributed by atoms with Gasteiger partial charge in [-0.15, -0.1) is 11.3 Å². The van der Waals surface area contributed by atoms with Gasteiger partial charge in [0.25, 0.3) is 0 Å². The third kappa shape index (κ3) is 4.23. The minimum absolute atomic E-state index is 0.0302. The third-order valence-corrected chi connectivity index (χ3v) is 16.0. The highest BCUT2D eigenvalue weighted by atomic mass is 32.1. The lowest BCUT2D eigenvalue weighted by Crippen LogP contribution is -2.55. The number of para-hydroxylation sites is 1. The second-order valence-corrected chi connectivity index (χ2v) is 18.8. The minimum atomic E-state index is 0.0302. The van der Waals surface area contributed by atoms with Crippen LogP contribution in [0.3, 0.4) is 0 Å². The SMILES string of the molecule is c1ccc(-c2nc(-c3ccc4c5c(ccc4c3)-c3ccc(-c4ccc6c(c4)sc4ccccc46)cc3C53C4CC5CC(C4)CC3C5)nc3c2oc2ccccc23)cc1. The number of rotatable bonds is 3. The van der Waals surface area contributed by atoms with Crippen LogP contribution in [0.1, 0.15) is 43.2 Å². The van der Waals surface area contributed by atoms with Crippen molar-refractivity contribution in [3.8, 4) is 44.9 Å². The molecule has 4 bridgehead atoms. The summed E-state index contributed by atoms with van der Waals surface area (Å²) in [5.41, 5.74) is 14.1. The zero-order chi connectivity index (χ0) is 37.7. The zero-order valence-electron chi connectivity index (χ0n) is 31.9. The van der Waals surface area contributed by atoms with Crippen LogP contribution in [0.25, 0.3) is 97.9 Å². The summed E-state index contributed by atoms with van der Waals surface area (Å²) in [6, 6.07) is 54.0. The van der Waals surface area contributed by atoms with Crippen LogP contribution >= 0.6 is 11.3 Å². The number of furan rings is 1. The van der Waals surface area contributed by atoms with Gasteiger partial charge in [-0.2, -0.15) is 0 Å². The lowest BCUT2D eigenvalue weighted by molar-refractivity contribution is -0.0393. The van der Waals surface area contributed by atoms with Crippen LogP contribution < -0.4 is 0 Å². The molecule has 0 atom stereocenters. The molecule has 3 heterocycles. The Morgan fingerprint density at radius 2 is 1.21 bits per heavy atom. The molecule has 276 valence electrons. The smallest absolute Gasteiger partial charge is 0.180 e. The van der Waals surface area contributed by atoms with Crippen molar-refractivity contribution >= 4 is 64.4 Å². The molecule has 4 heteroatoms. The van der Waals surface area contributed by atoms with Crippen molar-refractivity contribution in [1.29, 1.82) is 0 Å². The summed E-state index contributed by atoms with van der Waals surface area (Å²) in [7, 11) is 0. The summed E-state index contributed by atoms with van der Waals surface area (Å²) in [6.45, 7) is 0. The van der Waals surface area contributed by atoms with Crippen LogP contribution in [0, 0.1) is 23.7 Å². The van der Waals surface area contributed by atoms with E-state index in [9.17, 15) is 0 Å². The van der Waals surface area contributed by atoms with Crippen molar-refractivity contribution in [2.45, 2.75) is 37.5 Å². The molecule has 15 rings (SSSR count). The van der Waals surface area contributed by atoms with E-state index in [-0.39, 0.29) is 5.41 Å². The highest BCUT2D eigenvalue weighted by Crippen LogP contribution is 2.70. The maximum absolute atomic E-state index is 6.43. The van der Waals surface area contributed by atoms with Crippen LogP contribution in [0.5, 0.6) is 0 Å². The van der Waals surface area contributed by atoms with Crippen molar-refractivity contribution < 1.29 is 4.42 Å². The van der Waals surface area contributed by atoms with E-state index in [0.29, 0.717) is 11.8 Å². The van der Waals surface area contributed by atoms with E-state index in [1.165, 1.54) is 85.3 Å². The van der Waals surface area contributed by atoms with Crippen LogP contribution in [0.15, 0.2) is 150 Å². The number of aromatic nitrogens is 2. The number of benzene rings is 7. The Balaban J connectivity index is 0.957. The van der Waals surface area contributed by atoms with Crippen LogP contribution in [-0.4, -0.2) is 9.97 Å². The molecule has 3 aromatic heterocycles. The second-order valence-electron chi connectivity index (χ2n) is 17.7. The van der Waals surface area contributed by atoms with E-state index in [1.54, 1.807) is 11.1 Å². The molecular formula is C54H38N2OS. The maximum Gasteiger partial charge on any atom is 0.180 e. The van der Waals surface area contributed by atoms with Crippen molar-refractivity contribution in [3.05, 3.63) is 157 Å². The van der Waals surface area contributed by atoms with Gasteiger partial charge in [0.1, 0.15) is 16.8 Å². The number of hydrogen-bond acceptors (Lipinski definition) is 4. The third-order valence-electron chi connectivity index (χ3n) is 14.9. The number of thiophene rings is 1. The summed E-state index contributed by atoms with van der Waals surface area (Å²) in [6.07, 6.45) is 6.86. The van der Waals surface area contributed by atoms with E-state index in [0.717, 1.165) is 56.6 Å². The fourth-order valence-corrected chi connectivity index (χ4v) is 13.9. The van der Waals surface area contributed by atoms with Gasteiger partial charge in [0, 0.05) is 42.1 Å². The molecule has 10 aromatic rings. The molecule has 5 aliphatic carbocycles. The normalized spacial score (nSPS) is 22.9. The molecular weight excluding hydrogens is 725 g/mol. The predicted molar refractivity (Wildman–Crippen MR) is 239 cm³/mol. The summed E-state index contributed by atoms with van der Waals surface area (Å²) in [5, 5.41) is 6.41. The monoisotopic (exact) mass is 762 g/mol. The van der Waals surface area contributed by atoms with Gasteiger partial charge in [-0.05, 0) is 136 Å². The van der Waals surface area contributed by atoms with Gasteiger partial charge < -0.3 is 4.42 Å². The van der Waals surface area contributed by atoms with Gasteiger partial charge in [0.2, 0.25) is 0 Å². The Bertz CT molecular complexity index is 3340. The second kappa shape index (κ2) is 11.5. The van der Waals surface area contributed by atoms with Crippen LogP contribution in [0.2, 0.25) is 0 Å². The van der Waals surface area contributed by atoms with E-state index in [4.69, 9.17) is 14.4 Å². The highest BCUT2D eigenvalue weighted by Gasteiger charge is 2.62. The molecule has 5 aliphatic rings. The lowest BCUT2D eigenvalue weighted by Gasteiger charge is -2.61. The Morgan fingerprint density at radius 3 is 2.07 bits per heavy atom. The quantitative estimate of drug-likeness (QED) is 0.180. The summed E-state index contributed by atoms with van der Waals surface area (Å²) in [5.74, 6) is 3.83. The van der Waals surface area contributed by atoms with Gasteiger partial charge in [-0.25, -0.2) is 9.97 Å². The molecule has 0 unspecified atom stereocenters. The average molecular weight is 763 g/mol. The van der Waals surface area contributed by atoms with Gasteiger partial charge in [0.15, 0.2) is 11.4 Å². The van der Waals surface area contributed by atoms with E-state index in [1.807, 2.05) is 29.5 Å². The fourth-order valence-electron chi connectivity index (χ4n) is 12.8. The summed E-state index contributed by atoms with van der Waals surface area (Å²) >= 11 is 1.91. The number of fused-ring (bicyclic) bond motifs is 11. The fraction of sp³-hybridized carbons (Fsp3) is 0.185. The summed E-state index contributed by atoms with van der Waals surface area (Å²) in [4.78, 5) is 10.5. The highest BCUT2D eigenvalue weighted by molar-refractivity contribution is 7.25. The average Bonchev–Trinajstić information content (AvgIpc) is 3.93. The van der Waals surface area contributed by atoms with Crippen LogP contribution in [-0.2, 0) is 5.41 Å². The van der Waals surface area contributed by atoms with Crippen molar-refractivity contribution in [1.82, 2.24) is 9.97 Å². The molecule has 58 heavy (non-hydrogen) atoms. The molecule has 0 N–H and O–H groups in total. The van der Waals surface area contributed by atoms with E-state index < -0.39 is 0 Å². The maximum atomic E-state index is 6.43. The van der Waals surface area contributed by atoms with Crippen molar-refractivity contribution in [2.24, 2.45) is 23.7 Å². The molecule has 4 fully saturated rings. The molecule has 3 nitrogen and oxygen atoms in total. The molecule has 0 amide bonds. The summed E-state index contributed by atoms with van der Waals surface area (Å²) < 4.78 is 9.16. The zero-order valence-corrected chi connectivity index (χ0v) is 32.7.